The maximum atomic E-state index is 6.45. The van der Waals surface area contributed by atoms with E-state index in [1.165, 1.54) is 0 Å². The number of hydrogen-bond donors (Lipinski definition) is 1. The normalized spacial score (nSPS) is 13.5. The minimum Gasteiger partial charge on any atom is -0.496 e. The minimum absolute atomic E-state index is 0.281. The van der Waals surface area contributed by atoms with E-state index in [4.69, 9.17) is 19.9 Å². The third-order valence-corrected chi connectivity index (χ3v) is 3.51. The monoisotopic (exact) mass is 287 g/mol. The van der Waals surface area contributed by atoms with Crippen LogP contribution in [0.2, 0.25) is 0 Å². The van der Waals surface area contributed by atoms with E-state index >= 15 is 0 Å². The lowest BCUT2D eigenvalue weighted by Crippen LogP contribution is -2.22. The Balaban J connectivity index is 2.45. The molecule has 2 aromatic rings. The van der Waals surface area contributed by atoms with Gasteiger partial charge in [-0.3, -0.25) is 0 Å². The number of hydrogen-bond acceptors (Lipinski definition) is 4. The summed E-state index contributed by atoms with van der Waals surface area (Å²) in [4.78, 5) is 0. The van der Waals surface area contributed by atoms with E-state index in [2.05, 4.69) is 0 Å². The van der Waals surface area contributed by atoms with Crippen LogP contribution < -0.4 is 15.2 Å². The third-order valence-electron chi connectivity index (χ3n) is 3.51. The third kappa shape index (κ3) is 3.17. The van der Waals surface area contributed by atoms with Crippen molar-refractivity contribution < 1.29 is 14.2 Å². The van der Waals surface area contributed by atoms with Crippen molar-refractivity contribution >= 4 is 0 Å². The van der Waals surface area contributed by atoms with Crippen LogP contribution in [-0.4, -0.2) is 21.3 Å². The molecule has 0 aliphatic heterocycles. The number of rotatable bonds is 6. The molecular formula is C17H21NO3. The van der Waals surface area contributed by atoms with E-state index in [1.807, 2.05) is 48.5 Å². The van der Waals surface area contributed by atoms with E-state index in [-0.39, 0.29) is 6.10 Å². The minimum atomic E-state index is -0.400. The molecule has 112 valence electrons. The lowest BCUT2D eigenvalue weighted by atomic mass is 9.95. The highest BCUT2D eigenvalue weighted by Crippen LogP contribution is 2.39. The second-order valence-electron chi connectivity index (χ2n) is 4.67. The molecule has 4 heteroatoms. The molecule has 2 atom stereocenters. The van der Waals surface area contributed by atoms with Crippen LogP contribution in [0, 0.1) is 0 Å². The van der Waals surface area contributed by atoms with Gasteiger partial charge < -0.3 is 19.9 Å². The van der Waals surface area contributed by atoms with Gasteiger partial charge in [0.05, 0.1) is 25.8 Å². The molecule has 21 heavy (non-hydrogen) atoms. The number of ether oxygens (including phenoxy) is 3. The molecule has 0 aliphatic rings. The Hall–Kier alpha value is -2.04. The molecule has 0 amide bonds. The standard InChI is InChI=1S/C17H21NO3/c1-19-13-10-7-11-14(20-2)15(13)16(18)17(21-3)12-8-5-4-6-9-12/h4-11,16-17H,18H2,1-3H3. The van der Waals surface area contributed by atoms with E-state index < -0.39 is 6.04 Å². The highest BCUT2D eigenvalue weighted by molar-refractivity contribution is 5.48. The highest BCUT2D eigenvalue weighted by atomic mass is 16.5. The molecule has 4 nitrogen and oxygen atoms in total. The summed E-state index contributed by atoms with van der Waals surface area (Å²) in [6, 6.07) is 15.1. The summed E-state index contributed by atoms with van der Waals surface area (Å²) < 4.78 is 16.5. The van der Waals surface area contributed by atoms with Crippen LogP contribution in [0.15, 0.2) is 48.5 Å². The van der Waals surface area contributed by atoms with Gasteiger partial charge in [0.25, 0.3) is 0 Å². The van der Waals surface area contributed by atoms with Gasteiger partial charge in [0.1, 0.15) is 17.6 Å². The second-order valence-corrected chi connectivity index (χ2v) is 4.67. The quantitative estimate of drug-likeness (QED) is 0.887. The smallest absolute Gasteiger partial charge is 0.127 e. The molecule has 0 heterocycles. The molecule has 2 unspecified atom stereocenters. The van der Waals surface area contributed by atoms with Gasteiger partial charge in [-0.2, -0.15) is 0 Å². The second kappa shape index (κ2) is 7.11. The fourth-order valence-corrected chi connectivity index (χ4v) is 2.49. The lowest BCUT2D eigenvalue weighted by molar-refractivity contribution is 0.0785. The van der Waals surface area contributed by atoms with E-state index in [0.717, 1.165) is 11.1 Å². The molecule has 0 fully saturated rings. The predicted molar refractivity (Wildman–Crippen MR) is 82.7 cm³/mol. The summed E-state index contributed by atoms with van der Waals surface area (Å²) in [7, 11) is 4.89. The first-order valence-electron chi connectivity index (χ1n) is 6.77. The zero-order valence-corrected chi connectivity index (χ0v) is 12.6. The number of nitrogens with two attached hydrogens (primary N) is 1. The van der Waals surface area contributed by atoms with Crippen LogP contribution >= 0.6 is 0 Å². The molecule has 0 saturated carbocycles. The molecule has 0 radical (unpaired) electrons. The molecule has 0 spiro atoms. The average molecular weight is 287 g/mol. The van der Waals surface area contributed by atoms with Gasteiger partial charge in [-0.15, -0.1) is 0 Å². The van der Waals surface area contributed by atoms with E-state index in [0.29, 0.717) is 11.5 Å². The molecule has 2 aromatic carbocycles. The zero-order valence-electron chi connectivity index (χ0n) is 12.6. The van der Waals surface area contributed by atoms with E-state index in [1.54, 1.807) is 21.3 Å². The zero-order chi connectivity index (χ0) is 15.2. The average Bonchev–Trinajstić information content (AvgIpc) is 2.55. The summed E-state index contributed by atoms with van der Waals surface area (Å²) in [5, 5.41) is 0. The fraction of sp³-hybridized carbons (Fsp3) is 0.294. The van der Waals surface area contributed by atoms with Crippen molar-refractivity contribution in [3.63, 3.8) is 0 Å². The topological polar surface area (TPSA) is 53.7 Å². The molecule has 2 rings (SSSR count). The van der Waals surface area contributed by atoms with Gasteiger partial charge in [-0.1, -0.05) is 36.4 Å². The van der Waals surface area contributed by atoms with Crippen LogP contribution in [0.3, 0.4) is 0 Å². The van der Waals surface area contributed by atoms with Crippen molar-refractivity contribution in [2.45, 2.75) is 12.1 Å². The molecule has 0 bridgehead atoms. The van der Waals surface area contributed by atoms with Crippen LogP contribution in [0.25, 0.3) is 0 Å². The molecular weight excluding hydrogens is 266 g/mol. The Morgan fingerprint density at radius 2 is 1.38 bits per heavy atom. The van der Waals surface area contributed by atoms with Gasteiger partial charge in [0.2, 0.25) is 0 Å². The Labute approximate surface area is 125 Å². The Morgan fingerprint density at radius 1 is 0.810 bits per heavy atom. The van der Waals surface area contributed by atoms with Crippen LogP contribution in [-0.2, 0) is 4.74 Å². The summed E-state index contributed by atoms with van der Waals surface area (Å²) in [6.07, 6.45) is -0.281. The van der Waals surface area contributed by atoms with Crippen LogP contribution in [0.5, 0.6) is 11.5 Å². The number of benzene rings is 2. The van der Waals surface area contributed by atoms with Crippen molar-refractivity contribution in [2.75, 3.05) is 21.3 Å². The first-order valence-corrected chi connectivity index (χ1v) is 6.77. The van der Waals surface area contributed by atoms with Crippen LogP contribution in [0.1, 0.15) is 23.3 Å². The maximum Gasteiger partial charge on any atom is 0.127 e. The number of methoxy groups -OCH3 is 3. The summed E-state index contributed by atoms with van der Waals surface area (Å²) >= 11 is 0. The lowest BCUT2D eigenvalue weighted by Gasteiger charge is -2.26. The van der Waals surface area contributed by atoms with Crippen molar-refractivity contribution in [3.05, 3.63) is 59.7 Å². The molecule has 0 saturated heterocycles. The van der Waals surface area contributed by atoms with Crippen molar-refractivity contribution in [1.29, 1.82) is 0 Å². The highest BCUT2D eigenvalue weighted by Gasteiger charge is 2.26. The SMILES string of the molecule is COc1cccc(OC)c1C(N)C(OC)c1ccccc1. The van der Waals surface area contributed by atoms with E-state index in [9.17, 15) is 0 Å². The van der Waals surface area contributed by atoms with Crippen molar-refractivity contribution in [2.24, 2.45) is 5.73 Å². The molecule has 0 aromatic heterocycles. The van der Waals surface area contributed by atoms with Crippen molar-refractivity contribution in [3.8, 4) is 11.5 Å². The largest absolute Gasteiger partial charge is 0.496 e. The van der Waals surface area contributed by atoms with Gasteiger partial charge in [-0.25, -0.2) is 0 Å². The summed E-state index contributed by atoms with van der Waals surface area (Å²) in [6.45, 7) is 0. The van der Waals surface area contributed by atoms with Gasteiger partial charge in [-0.05, 0) is 17.7 Å². The first-order chi connectivity index (χ1) is 10.2. The Morgan fingerprint density at radius 3 is 1.86 bits per heavy atom. The Kier molecular flexibility index (Phi) is 5.20. The molecule has 0 aliphatic carbocycles. The Bertz CT molecular complexity index is 549. The molecule has 2 N–H and O–H groups in total. The summed E-state index contributed by atoms with van der Waals surface area (Å²) in [5.74, 6) is 1.39. The summed E-state index contributed by atoms with van der Waals surface area (Å²) in [5.41, 5.74) is 8.27. The van der Waals surface area contributed by atoms with Crippen LogP contribution in [0.4, 0.5) is 0 Å². The van der Waals surface area contributed by atoms with Gasteiger partial charge in [0, 0.05) is 7.11 Å². The van der Waals surface area contributed by atoms with Gasteiger partial charge in [0.15, 0.2) is 0 Å². The predicted octanol–water partition coefficient (Wildman–Crippen LogP) is 3.09. The first kappa shape index (κ1) is 15.4. The maximum absolute atomic E-state index is 6.45. The van der Waals surface area contributed by atoms with Crippen molar-refractivity contribution in [1.82, 2.24) is 0 Å². The van der Waals surface area contributed by atoms with Gasteiger partial charge >= 0.3 is 0 Å². The fourth-order valence-electron chi connectivity index (χ4n) is 2.49.